The molecule has 0 aliphatic carbocycles. The molecule has 0 aliphatic heterocycles. The lowest BCUT2D eigenvalue weighted by atomic mass is 9.77. The van der Waals surface area contributed by atoms with E-state index in [0.717, 1.165) is 0 Å². The van der Waals surface area contributed by atoms with Crippen molar-refractivity contribution in [3.63, 3.8) is 0 Å². The van der Waals surface area contributed by atoms with Crippen molar-refractivity contribution in [1.29, 1.82) is 0 Å². The highest BCUT2D eigenvalue weighted by Crippen LogP contribution is 2.31. The molecule has 4 heteroatoms. The van der Waals surface area contributed by atoms with E-state index in [4.69, 9.17) is 0 Å². The molecule has 1 heterocycles. The first-order valence-corrected chi connectivity index (χ1v) is 10.5. The van der Waals surface area contributed by atoms with Gasteiger partial charge in [0.25, 0.3) is 0 Å². The Bertz CT molecular complexity index is 1010. The molecule has 0 fully saturated rings. The highest BCUT2D eigenvalue weighted by Gasteiger charge is 2.30. The number of aromatic amines is 1. The van der Waals surface area contributed by atoms with Gasteiger partial charge in [-0.25, -0.2) is 0 Å². The zero-order chi connectivity index (χ0) is 23.3. The third-order valence-corrected chi connectivity index (χ3v) is 5.75. The molecule has 2 atom stereocenters. The minimum atomic E-state index is -0.202. The highest BCUT2D eigenvalue weighted by molar-refractivity contribution is 5.99. The number of carbonyl (C=O) groups is 1. The van der Waals surface area contributed by atoms with Gasteiger partial charge in [-0.2, -0.15) is 0 Å². The van der Waals surface area contributed by atoms with Gasteiger partial charge in [0, 0.05) is 28.9 Å². The molecular weight excluding hydrogens is 372 g/mol. The number of Topliss-reactive ketones (excluding diaryl/α,β-unsaturated/α-hetero) is 1. The highest BCUT2D eigenvalue weighted by atomic mass is 16.1. The fourth-order valence-electron chi connectivity index (χ4n) is 2.50. The Morgan fingerprint density at radius 2 is 1.73 bits per heavy atom. The molecule has 0 aliphatic rings. The van der Waals surface area contributed by atoms with Gasteiger partial charge >= 0.3 is 0 Å². The predicted octanol–water partition coefficient (Wildman–Crippen LogP) is 4.38. The maximum atomic E-state index is 13.2. The van der Waals surface area contributed by atoms with Crippen LogP contribution in [-0.2, 0) is 4.79 Å². The quantitative estimate of drug-likeness (QED) is 0.559. The van der Waals surface area contributed by atoms with E-state index in [-0.39, 0.29) is 33.9 Å². The molecule has 1 rings (SSSR count). The lowest BCUT2D eigenvalue weighted by molar-refractivity contribution is -0.121. The number of hydrogen-bond donors (Lipinski definition) is 1. The number of nitrogens with zero attached hydrogens (tertiary/aromatic N) is 1. The SMILES string of the molecule is C=c1[nH]cc(C=N/C(=C/C(C)C(C)(C)C)C(=O)C(C)C(C)(C)C)c(=O)/c1=C/C=CC. The average Bonchev–Trinajstić information content (AvgIpc) is 2.63. The summed E-state index contributed by atoms with van der Waals surface area (Å²) >= 11 is 0. The van der Waals surface area contributed by atoms with Crippen molar-refractivity contribution >= 4 is 24.7 Å². The predicted molar refractivity (Wildman–Crippen MR) is 129 cm³/mol. The Kier molecular flexibility index (Phi) is 8.53. The number of H-pyrrole nitrogens is 1. The fraction of sp³-hybridized carbons (Fsp3) is 0.500. The zero-order valence-corrected chi connectivity index (χ0v) is 20.1. The van der Waals surface area contributed by atoms with E-state index in [1.165, 1.54) is 6.21 Å². The van der Waals surface area contributed by atoms with Crippen LogP contribution >= 0.6 is 0 Å². The molecule has 4 nitrogen and oxygen atoms in total. The topological polar surface area (TPSA) is 62.3 Å². The van der Waals surface area contributed by atoms with Crippen molar-refractivity contribution < 1.29 is 4.79 Å². The molecule has 0 saturated carbocycles. The van der Waals surface area contributed by atoms with Crippen LogP contribution in [0, 0.1) is 22.7 Å². The summed E-state index contributed by atoms with van der Waals surface area (Å²) in [5.41, 5.74) is 0.437. The van der Waals surface area contributed by atoms with Gasteiger partial charge in [0.1, 0.15) is 5.70 Å². The second kappa shape index (κ2) is 10.0. The number of ketones is 1. The van der Waals surface area contributed by atoms with Gasteiger partial charge in [0.15, 0.2) is 11.2 Å². The Morgan fingerprint density at radius 1 is 1.13 bits per heavy atom. The van der Waals surface area contributed by atoms with Crippen LogP contribution in [0.15, 0.2) is 39.9 Å². The largest absolute Gasteiger partial charge is 0.361 e. The summed E-state index contributed by atoms with van der Waals surface area (Å²) in [5.74, 6) is -0.0761. The van der Waals surface area contributed by atoms with Crippen LogP contribution in [-0.4, -0.2) is 17.0 Å². The van der Waals surface area contributed by atoms with Crippen molar-refractivity contribution in [1.82, 2.24) is 4.98 Å². The summed E-state index contributed by atoms with van der Waals surface area (Å²) in [6.45, 7) is 22.3. The minimum Gasteiger partial charge on any atom is -0.361 e. The van der Waals surface area contributed by atoms with Gasteiger partial charge in [-0.15, -0.1) is 0 Å². The van der Waals surface area contributed by atoms with Gasteiger partial charge in [0.2, 0.25) is 0 Å². The first-order chi connectivity index (χ1) is 13.7. The minimum absolute atomic E-state index is 0.00631. The molecule has 0 radical (unpaired) electrons. The standard InChI is InChI=1S/C26H38N2O2/c1-11-12-13-21-19(4)27-15-20(24(21)30)16-28-22(14-17(2)25(5,6)7)23(29)18(3)26(8,9)10/h11-18,27H,4H2,1-3,5-10H3/b12-11?,21-13+,22-14+,28-16?. The summed E-state index contributed by atoms with van der Waals surface area (Å²) in [4.78, 5) is 33.6. The van der Waals surface area contributed by atoms with E-state index in [1.54, 1.807) is 18.3 Å². The van der Waals surface area contributed by atoms with E-state index < -0.39 is 0 Å². The smallest absolute Gasteiger partial charge is 0.198 e. The number of aromatic nitrogens is 1. The number of nitrogens with one attached hydrogen (secondary N) is 1. The van der Waals surface area contributed by atoms with Gasteiger partial charge in [-0.1, -0.05) is 80.2 Å². The van der Waals surface area contributed by atoms with E-state index in [0.29, 0.717) is 21.8 Å². The number of pyridine rings is 1. The second-order valence-electron chi connectivity index (χ2n) is 10.1. The molecule has 1 aromatic rings. The Balaban J connectivity index is 3.54. The molecule has 30 heavy (non-hydrogen) atoms. The number of allylic oxidation sites excluding steroid dienone is 4. The first kappa shape index (κ1) is 25.5. The van der Waals surface area contributed by atoms with Crippen LogP contribution in [0.25, 0.3) is 12.7 Å². The number of aliphatic imine (C=N–C) groups is 1. The molecule has 2 unspecified atom stereocenters. The Hall–Kier alpha value is -2.49. The van der Waals surface area contributed by atoms with Crippen molar-refractivity contribution in [2.24, 2.45) is 27.7 Å². The van der Waals surface area contributed by atoms with Crippen molar-refractivity contribution in [3.05, 3.63) is 56.5 Å². The maximum absolute atomic E-state index is 13.2. The normalized spacial score (nSPS) is 16.4. The lowest BCUT2D eigenvalue weighted by Crippen LogP contribution is -2.41. The lowest BCUT2D eigenvalue weighted by Gasteiger charge is -2.28. The maximum Gasteiger partial charge on any atom is 0.198 e. The monoisotopic (exact) mass is 410 g/mol. The zero-order valence-electron chi connectivity index (χ0n) is 20.1. The first-order valence-electron chi connectivity index (χ1n) is 10.5. The third kappa shape index (κ3) is 6.79. The van der Waals surface area contributed by atoms with E-state index >= 15 is 0 Å². The molecule has 0 bridgehead atoms. The van der Waals surface area contributed by atoms with E-state index in [2.05, 4.69) is 44.3 Å². The molecule has 1 N–H and O–H groups in total. The van der Waals surface area contributed by atoms with Gasteiger partial charge < -0.3 is 4.98 Å². The van der Waals surface area contributed by atoms with Crippen LogP contribution in [0.3, 0.4) is 0 Å². The van der Waals surface area contributed by atoms with Crippen molar-refractivity contribution in [2.75, 3.05) is 0 Å². The third-order valence-electron chi connectivity index (χ3n) is 5.75. The van der Waals surface area contributed by atoms with Crippen molar-refractivity contribution in [2.45, 2.75) is 62.3 Å². The van der Waals surface area contributed by atoms with Crippen LogP contribution in [0.1, 0.15) is 67.9 Å². The fourth-order valence-corrected chi connectivity index (χ4v) is 2.50. The van der Waals surface area contributed by atoms with E-state index in [9.17, 15) is 9.59 Å². The molecule has 0 spiro atoms. The number of rotatable bonds is 6. The van der Waals surface area contributed by atoms with Gasteiger partial charge in [0.05, 0.1) is 5.56 Å². The average molecular weight is 411 g/mol. The van der Waals surface area contributed by atoms with Crippen LogP contribution in [0.2, 0.25) is 0 Å². The van der Waals surface area contributed by atoms with Crippen molar-refractivity contribution in [3.8, 4) is 0 Å². The Labute approximate surface area is 181 Å². The summed E-state index contributed by atoms with van der Waals surface area (Å²) in [7, 11) is 0. The van der Waals surface area contributed by atoms with Gasteiger partial charge in [-0.3, -0.25) is 14.6 Å². The number of hydrogen-bond acceptors (Lipinski definition) is 3. The number of carbonyl (C=O) groups excluding carboxylic acids is 1. The van der Waals surface area contributed by atoms with Crippen LogP contribution in [0.4, 0.5) is 0 Å². The molecule has 0 aromatic carbocycles. The van der Waals surface area contributed by atoms with E-state index in [1.807, 2.05) is 46.8 Å². The molecule has 0 saturated heterocycles. The summed E-state index contributed by atoms with van der Waals surface area (Å²) in [5, 5.41) is 1.03. The van der Waals surface area contributed by atoms with Crippen LogP contribution < -0.4 is 16.0 Å². The molecule has 1 aromatic heterocycles. The summed E-state index contributed by atoms with van der Waals surface area (Å²) < 4.78 is 0. The molecular formula is C26H38N2O2. The second-order valence-corrected chi connectivity index (χ2v) is 10.1. The summed E-state index contributed by atoms with van der Waals surface area (Å²) in [6.07, 6.45) is 10.4. The van der Waals surface area contributed by atoms with Crippen LogP contribution in [0.5, 0.6) is 0 Å². The summed E-state index contributed by atoms with van der Waals surface area (Å²) in [6, 6.07) is 0. The molecule has 0 amide bonds. The van der Waals surface area contributed by atoms with Gasteiger partial charge in [-0.05, 0) is 29.7 Å². The molecule has 164 valence electrons. The Morgan fingerprint density at radius 3 is 2.23 bits per heavy atom.